The van der Waals surface area contributed by atoms with Crippen molar-refractivity contribution in [2.24, 2.45) is 0 Å². The molecule has 4 N–H and O–H groups in total. The molecule has 0 fully saturated rings. The first-order chi connectivity index (χ1) is 34.4. The highest BCUT2D eigenvalue weighted by molar-refractivity contribution is 6.04. The van der Waals surface area contributed by atoms with Gasteiger partial charge < -0.3 is 39.6 Å². The van der Waals surface area contributed by atoms with Crippen molar-refractivity contribution in [3.05, 3.63) is 130 Å². The Bertz CT molecular complexity index is 2280. The van der Waals surface area contributed by atoms with Gasteiger partial charge >= 0.3 is 35.5 Å². The van der Waals surface area contributed by atoms with Gasteiger partial charge in [-0.15, -0.1) is 0 Å². The molecule has 0 aromatic heterocycles. The third-order valence-corrected chi connectivity index (χ3v) is 11.2. The molecule has 0 saturated carbocycles. The number of ether oxygens (including phenoxy) is 5. The molecule has 16 heteroatoms. The van der Waals surface area contributed by atoms with E-state index in [-0.39, 0.29) is 52.9 Å². The number of para-hydroxylation sites is 1. The molecular weight excluding hydrogens is 913 g/mol. The first-order valence-electron chi connectivity index (χ1n) is 24.6. The van der Waals surface area contributed by atoms with Crippen molar-refractivity contribution in [1.29, 1.82) is 0 Å². The summed E-state index contributed by atoms with van der Waals surface area (Å²) in [5, 5.41) is 30.2. The molecule has 71 heavy (non-hydrogen) atoms. The maximum Gasteiger partial charge on any atom is 0.339 e. The lowest BCUT2D eigenvalue weighted by molar-refractivity contribution is -0.385. The highest BCUT2D eigenvalue weighted by Crippen LogP contribution is 2.37. The van der Waals surface area contributed by atoms with Gasteiger partial charge in [-0.05, 0) is 86.6 Å². The standard InChI is InChI=1S/C35H40N2O11.C20H30O3/c1-2-3-4-5-6-8-17-46-31-22-29(36)27(21-30(31)37(44)45)23-11-13-24(14-12-23)34(42)47-18-9-7-10-19-48-35(43)28-20-25(32(38)39)15-16-26(28)33(40)41;1-2-20(21)23-18-14-9-7-5-3-4-6-8-13-17-22-19-15-11-10-12-16-19/h11-16,20-22H,2-10,17-19,36H2,1H3,(H,38,39)(H,40,41);2,10-12,15-16H,1,3-9,13-14,17-18H2. The quantitative estimate of drug-likeness (QED) is 0.00750. The van der Waals surface area contributed by atoms with E-state index in [9.17, 15) is 39.2 Å². The smallest absolute Gasteiger partial charge is 0.339 e. The Hall–Kier alpha value is -7.23. The number of nitrogen functional groups attached to an aromatic ring is 1. The van der Waals surface area contributed by atoms with Crippen LogP contribution in [0.5, 0.6) is 11.5 Å². The van der Waals surface area contributed by atoms with Crippen LogP contribution in [0, 0.1) is 10.1 Å². The number of hydrogen-bond acceptors (Lipinski definition) is 13. The molecule has 0 unspecified atom stereocenters. The Kier molecular flexibility index (Phi) is 27.9. The highest BCUT2D eigenvalue weighted by atomic mass is 16.6. The maximum absolute atomic E-state index is 12.5. The number of anilines is 1. The van der Waals surface area contributed by atoms with Gasteiger partial charge in [-0.3, -0.25) is 10.1 Å². The zero-order valence-corrected chi connectivity index (χ0v) is 40.9. The van der Waals surface area contributed by atoms with Crippen molar-refractivity contribution in [2.75, 3.05) is 38.8 Å². The minimum absolute atomic E-state index is 0.0435. The molecule has 0 aliphatic rings. The van der Waals surface area contributed by atoms with Gasteiger partial charge in [-0.2, -0.15) is 0 Å². The minimum Gasteiger partial charge on any atom is -0.494 e. The summed E-state index contributed by atoms with van der Waals surface area (Å²) >= 11 is 0. The van der Waals surface area contributed by atoms with E-state index in [1.807, 2.05) is 30.3 Å². The Balaban J connectivity index is 0.000000484. The third kappa shape index (κ3) is 22.8. The number of carboxylic acids is 2. The number of rotatable bonds is 34. The monoisotopic (exact) mass is 982 g/mol. The highest BCUT2D eigenvalue weighted by Gasteiger charge is 2.22. The van der Waals surface area contributed by atoms with Gasteiger partial charge in [0.25, 0.3) is 0 Å². The van der Waals surface area contributed by atoms with Gasteiger partial charge in [0.05, 0.1) is 60.2 Å². The summed E-state index contributed by atoms with van der Waals surface area (Å²) in [4.78, 5) is 69.6. The minimum atomic E-state index is -1.39. The van der Waals surface area contributed by atoms with Crippen LogP contribution in [-0.4, -0.2) is 78.0 Å². The number of benzene rings is 4. The van der Waals surface area contributed by atoms with Crippen LogP contribution in [0.25, 0.3) is 11.1 Å². The zero-order valence-electron chi connectivity index (χ0n) is 40.9. The second-order valence-electron chi connectivity index (χ2n) is 16.8. The zero-order chi connectivity index (χ0) is 51.6. The van der Waals surface area contributed by atoms with Gasteiger partial charge in [0.1, 0.15) is 5.75 Å². The fourth-order valence-electron chi connectivity index (χ4n) is 7.23. The van der Waals surface area contributed by atoms with E-state index in [0.717, 1.165) is 81.9 Å². The summed E-state index contributed by atoms with van der Waals surface area (Å²) in [6, 6.07) is 22.2. The van der Waals surface area contributed by atoms with Crippen LogP contribution in [0.3, 0.4) is 0 Å². The van der Waals surface area contributed by atoms with Gasteiger partial charge in [0.15, 0.2) is 5.75 Å². The van der Waals surface area contributed by atoms with Crippen LogP contribution in [0.1, 0.15) is 164 Å². The summed E-state index contributed by atoms with van der Waals surface area (Å²) in [7, 11) is 0. The Morgan fingerprint density at radius 3 is 1.63 bits per heavy atom. The molecule has 0 spiro atoms. The van der Waals surface area contributed by atoms with Gasteiger partial charge in [0.2, 0.25) is 0 Å². The summed E-state index contributed by atoms with van der Waals surface area (Å²) in [5.74, 6) is -3.45. The van der Waals surface area contributed by atoms with Crippen molar-refractivity contribution in [2.45, 2.75) is 122 Å². The normalized spacial score (nSPS) is 10.5. The average Bonchev–Trinajstić information content (AvgIpc) is 3.37. The van der Waals surface area contributed by atoms with Crippen molar-refractivity contribution in [1.82, 2.24) is 0 Å². The van der Waals surface area contributed by atoms with Crippen LogP contribution in [0.15, 0.2) is 97.6 Å². The largest absolute Gasteiger partial charge is 0.494 e. The molecule has 0 bridgehead atoms. The number of nitrogens with two attached hydrogens (primary N) is 1. The van der Waals surface area contributed by atoms with E-state index in [4.69, 9.17) is 34.5 Å². The van der Waals surface area contributed by atoms with E-state index in [2.05, 4.69) is 13.5 Å². The van der Waals surface area contributed by atoms with Crippen molar-refractivity contribution >= 4 is 41.2 Å². The van der Waals surface area contributed by atoms with Crippen molar-refractivity contribution in [3.8, 4) is 22.6 Å². The molecule has 384 valence electrons. The Labute approximate surface area is 416 Å². The number of carbonyl (C=O) groups is 5. The predicted molar refractivity (Wildman–Crippen MR) is 271 cm³/mol. The summed E-state index contributed by atoms with van der Waals surface area (Å²) < 4.78 is 26.7. The molecule has 0 saturated heterocycles. The molecule has 0 amide bonds. The number of nitro groups is 1. The second-order valence-corrected chi connectivity index (χ2v) is 16.8. The average molecular weight is 983 g/mol. The lowest BCUT2D eigenvalue weighted by atomic mass is 10.0. The van der Waals surface area contributed by atoms with Gasteiger partial charge in [-0.1, -0.05) is 121 Å². The number of aromatic carboxylic acids is 2. The van der Waals surface area contributed by atoms with Crippen LogP contribution in [0.2, 0.25) is 0 Å². The fourth-order valence-corrected chi connectivity index (χ4v) is 7.23. The molecule has 0 atom stereocenters. The van der Waals surface area contributed by atoms with E-state index >= 15 is 0 Å². The van der Waals surface area contributed by atoms with E-state index < -0.39 is 28.8 Å². The lowest BCUT2D eigenvalue weighted by Gasteiger charge is -2.12. The number of nitrogens with zero attached hydrogens (tertiary/aromatic N) is 1. The summed E-state index contributed by atoms with van der Waals surface area (Å²) in [6.07, 6.45) is 19.8. The molecule has 16 nitrogen and oxygen atoms in total. The number of hydrogen-bond donors (Lipinski definition) is 3. The molecule has 0 aliphatic heterocycles. The van der Waals surface area contributed by atoms with Crippen LogP contribution >= 0.6 is 0 Å². The van der Waals surface area contributed by atoms with Crippen LogP contribution in [0.4, 0.5) is 11.4 Å². The summed E-state index contributed by atoms with van der Waals surface area (Å²) in [5.41, 5.74) is 6.67. The number of esters is 3. The molecule has 4 aromatic rings. The number of unbranched alkanes of at least 4 members (excludes halogenated alkanes) is 15. The molecule has 0 aliphatic carbocycles. The number of nitro benzene ring substituents is 1. The van der Waals surface area contributed by atoms with Crippen molar-refractivity contribution < 1.29 is 62.8 Å². The predicted octanol–water partition coefficient (Wildman–Crippen LogP) is 12.5. The van der Waals surface area contributed by atoms with Crippen LogP contribution < -0.4 is 15.2 Å². The molecule has 0 heterocycles. The second kappa shape index (κ2) is 34.1. The molecule has 4 aromatic carbocycles. The lowest BCUT2D eigenvalue weighted by Crippen LogP contribution is -2.14. The Morgan fingerprint density at radius 1 is 0.577 bits per heavy atom. The summed E-state index contributed by atoms with van der Waals surface area (Å²) in [6.45, 7) is 7.26. The molecule has 4 rings (SSSR count). The Morgan fingerprint density at radius 2 is 1.08 bits per heavy atom. The topological polar surface area (TPSA) is 241 Å². The fraction of sp³-hybridized carbons (Fsp3) is 0.436. The first kappa shape index (κ1) is 58.1. The van der Waals surface area contributed by atoms with E-state index in [1.54, 1.807) is 12.1 Å². The first-order valence-corrected chi connectivity index (χ1v) is 24.6. The maximum atomic E-state index is 12.5. The van der Waals surface area contributed by atoms with Gasteiger partial charge in [0, 0.05) is 29.5 Å². The molecular formula is C55H70N2O14. The van der Waals surface area contributed by atoms with Gasteiger partial charge in [-0.25, -0.2) is 24.0 Å². The number of carboxylic acid groups (broad SMARTS) is 2. The van der Waals surface area contributed by atoms with E-state index in [0.29, 0.717) is 49.3 Å². The van der Waals surface area contributed by atoms with Crippen molar-refractivity contribution in [3.63, 3.8) is 0 Å². The number of carbonyl (C=O) groups excluding carboxylic acids is 3. The molecule has 0 radical (unpaired) electrons. The third-order valence-electron chi connectivity index (χ3n) is 11.2. The van der Waals surface area contributed by atoms with E-state index in [1.165, 1.54) is 75.3 Å². The SMILES string of the molecule is C=CC(=O)OCCCCCCCCCCCOc1ccccc1.CCCCCCCCOc1cc(N)c(-c2ccc(C(=O)OCCCCCOC(=O)c3cc(C(=O)O)ccc3C(=O)O)cc2)cc1[N+](=O)[O-]. The van der Waals surface area contributed by atoms with Crippen LogP contribution in [-0.2, 0) is 19.0 Å².